The molecule has 0 fully saturated rings. The van der Waals surface area contributed by atoms with Gasteiger partial charge >= 0.3 is 0 Å². The first kappa shape index (κ1) is 21.0. The number of benzene rings is 4. The van der Waals surface area contributed by atoms with Gasteiger partial charge in [0.05, 0.1) is 5.69 Å². The van der Waals surface area contributed by atoms with Crippen molar-refractivity contribution in [3.8, 4) is 0 Å². The van der Waals surface area contributed by atoms with Gasteiger partial charge in [-0.15, -0.1) is 0 Å². The van der Waals surface area contributed by atoms with Crippen molar-refractivity contribution >= 4 is 33.4 Å². The Labute approximate surface area is 197 Å². The Bertz CT molecular complexity index is 1350. The van der Waals surface area contributed by atoms with Gasteiger partial charge in [-0.1, -0.05) is 99.3 Å². The molecule has 5 rings (SSSR count). The molecule has 33 heavy (non-hydrogen) atoms. The highest BCUT2D eigenvalue weighted by Gasteiger charge is 2.37. The third-order valence-electron chi connectivity index (χ3n) is 6.82. The Morgan fingerprint density at radius 2 is 1.30 bits per heavy atom. The third-order valence-corrected chi connectivity index (χ3v) is 6.82. The van der Waals surface area contributed by atoms with Crippen LogP contribution in [-0.4, -0.2) is 0 Å². The Hall–Kier alpha value is -3.84. The Balaban J connectivity index is 1.85. The number of fused-ring (bicyclic) bond motifs is 3. The molecule has 0 amide bonds. The van der Waals surface area contributed by atoms with Crippen LogP contribution in [0.5, 0.6) is 0 Å². The zero-order chi connectivity index (χ0) is 23.0. The van der Waals surface area contributed by atoms with E-state index in [9.17, 15) is 0 Å². The fourth-order valence-corrected chi connectivity index (χ4v) is 5.27. The summed E-state index contributed by atoms with van der Waals surface area (Å²) >= 11 is 0. The minimum atomic E-state index is -0.100. The zero-order valence-electron chi connectivity index (χ0n) is 19.5. The number of anilines is 3. The molecular weight excluding hydrogens is 398 g/mol. The van der Waals surface area contributed by atoms with E-state index in [0.29, 0.717) is 0 Å². The van der Waals surface area contributed by atoms with Gasteiger partial charge in [-0.3, -0.25) is 0 Å². The summed E-state index contributed by atoms with van der Waals surface area (Å²) in [5, 5.41) is 2.56. The predicted octanol–water partition coefficient (Wildman–Crippen LogP) is 9.12. The second kappa shape index (κ2) is 8.26. The van der Waals surface area contributed by atoms with E-state index in [4.69, 9.17) is 0 Å². The van der Waals surface area contributed by atoms with Crippen LogP contribution in [0.2, 0.25) is 0 Å². The number of hydrogen-bond acceptors (Lipinski definition) is 1. The standard InChI is InChI=1S/C32H29N/c1-5-6-21-28-23(2)31-27-20-14-13-19-26(27)30(22-29(31)32(28,3)4)33(24-15-9-7-10-16-24)25-17-11-8-12-18-25/h5-22H,1H2,2-4H3/b21-6-. The van der Waals surface area contributed by atoms with Crippen LogP contribution in [0.25, 0.3) is 16.3 Å². The lowest BCUT2D eigenvalue weighted by molar-refractivity contribution is 0.654. The van der Waals surface area contributed by atoms with Gasteiger partial charge in [0.15, 0.2) is 0 Å². The number of hydrogen-bond donors (Lipinski definition) is 0. The molecule has 4 aromatic carbocycles. The van der Waals surface area contributed by atoms with Gasteiger partial charge in [-0.2, -0.15) is 0 Å². The minimum absolute atomic E-state index is 0.100. The molecule has 0 heterocycles. The van der Waals surface area contributed by atoms with E-state index in [1.165, 1.54) is 38.7 Å². The lowest BCUT2D eigenvalue weighted by atomic mass is 9.80. The van der Waals surface area contributed by atoms with Crippen LogP contribution in [0.15, 0.2) is 121 Å². The summed E-state index contributed by atoms with van der Waals surface area (Å²) in [6.07, 6.45) is 6.13. The first-order valence-electron chi connectivity index (χ1n) is 11.5. The van der Waals surface area contributed by atoms with Crippen LogP contribution < -0.4 is 4.90 Å². The summed E-state index contributed by atoms with van der Waals surface area (Å²) in [5.41, 5.74) is 8.85. The van der Waals surface area contributed by atoms with Gasteiger partial charge in [-0.25, -0.2) is 0 Å². The molecule has 0 radical (unpaired) electrons. The monoisotopic (exact) mass is 427 g/mol. The molecule has 162 valence electrons. The molecule has 0 saturated carbocycles. The third kappa shape index (κ3) is 3.41. The molecule has 0 atom stereocenters. The van der Waals surface area contributed by atoms with Crippen LogP contribution in [0.3, 0.4) is 0 Å². The second-order valence-corrected chi connectivity index (χ2v) is 9.13. The molecule has 1 aliphatic carbocycles. The molecule has 0 unspecified atom stereocenters. The van der Waals surface area contributed by atoms with Crippen molar-refractivity contribution in [2.24, 2.45) is 0 Å². The quantitative estimate of drug-likeness (QED) is 0.287. The largest absolute Gasteiger partial charge is 0.310 e. The van der Waals surface area contributed by atoms with Crippen molar-refractivity contribution < 1.29 is 0 Å². The Kier molecular flexibility index (Phi) is 5.26. The first-order chi connectivity index (χ1) is 16.0. The van der Waals surface area contributed by atoms with Crippen molar-refractivity contribution in [3.05, 3.63) is 133 Å². The maximum Gasteiger partial charge on any atom is 0.0543 e. The van der Waals surface area contributed by atoms with E-state index >= 15 is 0 Å². The van der Waals surface area contributed by atoms with Crippen LogP contribution in [0.1, 0.15) is 31.9 Å². The van der Waals surface area contributed by atoms with E-state index in [1.54, 1.807) is 0 Å². The maximum atomic E-state index is 3.88. The number of rotatable bonds is 5. The van der Waals surface area contributed by atoms with E-state index < -0.39 is 0 Å². The maximum absolute atomic E-state index is 3.88. The van der Waals surface area contributed by atoms with Crippen molar-refractivity contribution in [3.63, 3.8) is 0 Å². The SMILES string of the molecule is C=C/C=C\C1=C(C)c2c(cc(N(c3ccccc3)c3ccccc3)c3ccccc23)C1(C)C. The van der Waals surface area contributed by atoms with Gasteiger partial charge in [0.25, 0.3) is 0 Å². The highest BCUT2D eigenvalue weighted by atomic mass is 15.1. The van der Waals surface area contributed by atoms with Crippen LogP contribution in [0, 0.1) is 0 Å². The van der Waals surface area contributed by atoms with E-state index in [1.807, 2.05) is 6.08 Å². The average molecular weight is 428 g/mol. The second-order valence-electron chi connectivity index (χ2n) is 9.13. The van der Waals surface area contributed by atoms with Crippen molar-refractivity contribution in [1.82, 2.24) is 0 Å². The van der Waals surface area contributed by atoms with Gasteiger partial charge in [-0.05, 0) is 64.9 Å². The molecule has 1 aliphatic rings. The van der Waals surface area contributed by atoms with Gasteiger partial charge in [0.1, 0.15) is 0 Å². The highest BCUT2D eigenvalue weighted by molar-refractivity contribution is 6.07. The van der Waals surface area contributed by atoms with Gasteiger partial charge in [0.2, 0.25) is 0 Å². The molecule has 0 N–H and O–H groups in total. The molecule has 0 saturated heterocycles. The fraction of sp³-hybridized carbons (Fsp3) is 0.125. The fourth-order valence-electron chi connectivity index (χ4n) is 5.27. The normalized spacial score (nSPS) is 14.6. The minimum Gasteiger partial charge on any atom is -0.310 e. The van der Waals surface area contributed by atoms with Crippen LogP contribution >= 0.6 is 0 Å². The lowest BCUT2D eigenvalue weighted by Gasteiger charge is -2.30. The molecule has 4 aromatic rings. The summed E-state index contributed by atoms with van der Waals surface area (Å²) in [6, 6.07) is 32.5. The van der Waals surface area contributed by atoms with Crippen molar-refractivity contribution in [2.45, 2.75) is 26.2 Å². The smallest absolute Gasteiger partial charge is 0.0543 e. The van der Waals surface area contributed by atoms with E-state index in [-0.39, 0.29) is 5.41 Å². The predicted molar refractivity (Wildman–Crippen MR) is 144 cm³/mol. The molecular formula is C32H29N. The number of allylic oxidation sites excluding steroid dienone is 5. The summed E-state index contributed by atoms with van der Waals surface area (Å²) < 4.78 is 0. The summed E-state index contributed by atoms with van der Waals surface area (Å²) in [6.45, 7) is 10.8. The van der Waals surface area contributed by atoms with Crippen molar-refractivity contribution in [1.29, 1.82) is 0 Å². The molecule has 1 heteroatoms. The van der Waals surface area contributed by atoms with E-state index in [2.05, 4.69) is 135 Å². The summed E-state index contributed by atoms with van der Waals surface area (Å²) in [5.74, 6) is 0. The van der Waals surface area contributed by atoms with Crippen LogP contribution in [-0.2, 0) is 5.41 Å². The molecule has 0 spiro atoms. The summed E-state index contributed by atoms with van der Waals surface area (Å²) in [7, 11) is 0. The molecule has 1 nitrogen and oxygen atoms in total. The Morgan fingerprint density at radius 1 is 0.758 bits per heavy atom. The molecule has 0 aliphatic heterocycles. The number of nitrogens with zero attached hydrogens (tertiary/aromatic N) is 1. The zero-order valence-corrected chi connectivity index (χ0v) is 19.5. The molecule has 0 aromatic heterocycles. The summed E-state index contributed by atoms with van der Waals surface area (Å²) in [4.78, 5) is 2.38. The van der Waals surface area contributed by atoms with Crippen molar-refractivity contribution in [2.75, 3.05) is 4.90 Å². The topological polar surface area (TPSA) is 3.24 Å². The molecule has 0 bridgehead atoms. The average Bonchev–Trinajstić information content (AvgIpc) is 3.04. The van der Waals surface area contributed by atoms with Gasteiger partial charge < -0.3 is 4.90 Å². The van der Waals surface area contributed by atoms with Gasteiger partial charge in [0, 0.05) is 22.2 Å². The number of para-hydroxylation sites is 2. The first-order valence-corrected chi connectivity index (χ1v) is 11.5. The Morgan fingerprint density at radius 3 is 1.88 bits per heavy atom. The van der Waals surface area contributed by atoms with Crippen LogP contribution in [0.4, 0.5) is 17.1 Å². The highest BCUT2D eigenvalue weighted by Crippen LogP contribution is 2.52. The lowest BCUT2D eigenvalue weighted by Crippen LogP contribution is -2.18. The van der Waals surface area contributed by atoms with E-state index in [0.717, 1.165) is 11.4 Å².